The molecule has 2 atom stereocenters. The first-order chi connectivity index (χ1) is 6.88. The quantitative estimate of drug-likeness (QED) is 0.605. The van der Waals surface area contributed by atoms with E-state index in [4.69, 9.17) is 5.11 Å². The van der Waals surface area contributed by atoms with Gasteiger partial charge in [-0.1, -0.05) is 26.0 Å². The molecule has 1 aliphatic carbocycles. The maximum absolute atomic E-state index is 7.00. The predicted molar refractivity (Wildman–Crippen MR) is 62.4 cm³/mol. The van der Waals surface area contributed by atoms with Gasteiger partial charge in [0.1, 0.15) is 0 Å². The van der Waals surface area contributed by atoms with Gasteiger partial charge < -0.3 is 5.11 Å². The smallest absolute Gasteiger partial charge is 0.0319 e. The fourth-order valence-electron chi connectivity index (χ4n) is 2.21. The van der Waals surface area contributed by atoms with E-state index in [0.29, 0.717) is 0 Å². The Kier molecular flexibility index (Phi) is 7.81. The number of nitrogens with zero attached hydrogens (tertiary/aromatic N) is 1. The summed E-state index contributed by atoms with van der Waals surface area (Å²) in [5.74, 6) is 0.981. The number of likely N-dealkylation sites (tertiary alicyclic amines) is 1. The molecular formula is C12H25NO. The lowest BCUT2D eigenvalue weighted by molar-refractivity contribution is 0.307. The number of hydrogen-bond acceptors (Lipinski definition) is 2. The Hall–Kier alpha value is -0.340. The molecule has 2 heteroatoms. The minimum atomic E-state index is 0.786. The lowest BCUT2D eigenvalue weighted by Crippen LogP contribution is -2.28. The van der Waals surface area contributed by atoms with Gasteiger partial charge in [-0.15, -0.1) is 0 Å². The molecule has 0 saturated carbocycles. The molecule has 0 aromatic carbocycles. The Morgan fingerprint density at radius 1 is 1.21 bits per heavy atom. The monoisotopic (exact) mass is 199 g/mol. The van der Waals surface area contributed by atoms with Crippen molar-refractivity contribution in [2.75, 3.05) is 20.7 Å². The van der Waals surface area contributed by atoms with Crippen LogP contribution in [0.2, 0.25) is 0 Å². The Bertz CT molecular complexity index is 156. The third-order valence-corrected chi connectivity index (χ3v) is 2.88. The van der Waals surface area contributed by atoms with E-state index < -0.39 is 0 Å². The second kappa shape index (κ2) is 8.01. The van der Waals surface area contributed by atoms with Gasteiger partial charge in [-0.05, 0) is 38.8 Å². The molecule has 84 valence electrons. The molecule has 14 heavy (non-hydrogen) atoms. The van der Waals surface area contributed by atoms with E-state index in [9.17, 15) is 0 Å². The van der Waals surface area contributed by atoms with Gasteiger partial charge in [0, 0.05) is 13.2 Å². The molecule has 1 saturated heterocycles. The van der Waals surface area contributed by atoms with Gasteiger partial charge in [0.2, 0.25) is 0 Å². The van der Waals surface area contributed by atoms with Crippen LogP contribution >= 0.6 is 0 Å². The number of likely N-dealkylation sites (N-methyl/N-ethyl adjacent to an activating group) is 1. The largest absolute Gasteiger partial charge is 0.400 e. The topological polar surface area (TPSA) is 23.5 Å². The zero-order chi connectivity index (χ0) is 11.0. The molecule has 0 amide bonds. The van der Waals surface area contributed by atoms with Crippen molar-refractivity contribution >= 4 is 0 Å². The van der Waals surface area contributed by atoms with Crippen molar-refractivity contribution in [2.24, 2.45) is 5.92 Å². The zero-order valence-electron chi connectivity index (χ0n) is 10.0. The highest BCUT2D eigenvalue weighted by atomic mass is 16.2. The molecule has 2 unspecified atom stereocenters. The van der Waals surface area contributed by atoms with Crippen LogP contribution < -0.4 is 0 Å². The summed E-state index contributed by atoms with van der Waals surface area (Å²) in [4.78, 5) is 2.47. The van der Waals surface area contributed by atoms with Crippen LogP contribution in [0.5, 0.6) is 0 Å². The first-order valence-corrected chi connectivity index (χ1v) is 5.69. The lowest BCUT2D eigenvalue weighted by atomic mass is 9.90. The van der Waals surface area contributed by atoms with Crippen molar-refractivity contribution in [1.82, 2.24) is 4.90 Å². The molecule has 2 nitrogen and oxygen atoms in total. The molecule has 1 fully saturated rings. The van der Waals surface area contributed by atoms with Crippen LogP contribution in [0.4, 0.5) is 0 Å². The van der Waals surface area contributed by atoms with Crippen LogP contribution in [-0.4, -0.2) is 36.8 Å². The number of fused-ring (bicyclic) bond motifs is 1. The molecule has 0 aromatic heterocycles. The van der Waals surface area contributed by atoms with Gasteiger partial charge >= 0.3 is 0 Å². The van der Waals surface area contributed by atoms with Crippen molar-refractivity contribution in [2.45, 2.75) is 39.2 Å². The summed E-state index contributed by atoms with van der Waals surface area (Å²) in [6.45, 7) is 5.31. The van der Waals surface area contributed by atoms with E-state index >= 15 is 0 Å². The summed E-state index contributed by atoms with van der Waals surface area (Å²) in [6.07, 6.45) is 8.89. The fraction of sp³-hybridized carbons (Fsp3) is 0.833. The maximum Gasteiger partial charge on any atom is 0.0319 e. The highest BCUT2D eigenvalue weighted by molar-refractivity contribution is 5.05. The van der Waals surface area contributed by atoms with E-state index in [1.807, 2.05) is 13.8 Å². The van der Waals surface area contributed by atoms with Crippen LogP contribution in [0.25, 0.3) is 0 Å². The molecule has 1 N–H and O–H groups in total. The highest BCUT2D eigenvalue weighted by Crippen LogP contribution is 2.30. The zero-order valence-corrected chi connectivity index (χ0v) is 10.0. The number of rotatable bonds is 0. The van der Waals surface area contributed by atoms with Gasteiger partial charge in [-0.2, -0.15) is 0 Å². The van der Waals surface area contributed by atoms with Crippen molar-refractivity contribution in [3.63, 3.8) is 0 Å². The van der Waals surface area contributed by atoms with Crippen LogP contribution in [0.1, 0.15) is 33.1 Å². The summed E-state index contributed by atoms with van der Waals surface area (Å²) < 4.78 is 0. The minimum absolute atomic E-state index is 0.786. The second-order valence-electron chi connectivity index (χ2n) is 3.53. The number of aliphatic hydroxyl groups excluding tert-OH is 1. The second-order valence-corrected chi connectivity index (χ2v) is 3.53. The summed E-state index contributed by atoms with van der Waals surface area (Å²) in [5.41, 5.74) is 0. The fourth-order valence-corrected chi connectivity index (χ4v) is 2.21. The number of hydrogen-bond donors (Lipinski definition) is 1. The van der Waals surface area contributed by atoms with Crippen molar-refractivity contribution in [3.05, 3.63) is 12.2 Å². The SMILES string of the molecule is CC.CN1CCC2CCC=CC21.CO. The Morgan fingerprint density at radius 3 is 2.43 bits per heavy atom. The molecule has 0 spiro atoms. The molecule has 0 radical (unpaired) electrons. The molecule has 0 bridgehead atoms. The molecule has 1 aliphatic heterocycles. The minimum Gasteiger partial charge on any atom is -0.400 e. The van der Waals surface area contributed by atoms with Crippen molar-refractivity contribution in [1.29, 1.82) is 0 Å². The number of allylic oxidation sites excluding steroid dienone is 1. The first-order valence-electron chi connectivity index (χ1n) is 5.69. The van der Waals surface area contributed by atoms with Crippen molar-refractivity contribution in [3.8, 4) is 0 Å². The van der Waals surface area contributed by atoms with Crippen molar-refractivity contribution < 1.29 is 5.11 Å². The van der Waals surface area contributed by atoms with E-state index in [0.717, 1.165) is 19.1 Å². The van der Waals surface area contributed by atoms with E-state index in [-0.39, 0.29) is 0 Å². The van der Waals surface area contributed by atoms with Crippen LogP contribution in [-0.2, 0) is 0 Å². The predicted octanol–water partition coefficient (Wildman–Crippen LogP) is 2.29. The number of aliphatic hydroxyl groups is 1. The molecule has 2 aliphatic rings. The van der Waals surface area contributed by atoms with E-state index in [2.05, 4.69) is 24.1 Å². The maximum atomic E-state index is 7.00. The first kappa shape index (κ1) is 13.7. The summed E-state index contributed by atoms with van der Waals surface area (Å²) in [6, 6.07) is 0.786. The normalized spacial score (nSPS) is 29.5. The average molecular weight is 199 g/mol. The Labute approximate surface area is 88.6 Å². The summed E-state index contributed by atoms with van der Waals surface area (Å²) in [7, 11) is 3.24. The molecule has 0 aromatic rings. The third kappa shape index (κ3) is 3.43. The Morgan fingerprint density at radius 2 is 1.86 bits per heavy atom. The van der Waals surface area contributed by atoms with Gasteiger partial charge in [0.15, 0.2) is 0 Å². The van der Waals surface area contributed by atoms with Gasteiger partial charge in [0.05, 0.1) is 0 Å². The van der Waals surface area contributed by atoms with Crippen LogP contribution in [0.3, 0.4) is 0 Å². The van der Waals surface area contributed by atoms with Gasteiger partial charge in [-0.3, -0.25) is 4.90 Å². The van der Waals surface area contributed by atoms with E-state index in [1.165, 1.54) is 25.8 Å². The summed E-state index contributed by atoms with van der Waals surface area (Å²) >= 11 is 0. The molecule has 2 rings (SSSR count). The van der Waals surface area contributed by atoms with Crippen LogP contribution in [0, 0.1) is 5.92 Å². The standard InChI is InChI=1S/C9H15N.C2H6.CH4O/c1-10-7-6-8-4-2-3-5-9(8)10;2*1-2/h3,5,8-9H,2,4,6-7H2,1H3;1-2H3;2H,1H3. The van der Waals surface area contributed by atoms with Crippen LogP contribution in [0.15, 0.2) is 12.2 Å². The van der Waals surface area contributed by atoms with Gasteiger partial charge in [0.25, 0.3) is 0 Å². The average Bonchev–Trinajstić information content (AvgIpc) is 2.67. The lowest BCUT2D eigenvalue weighted by Gasteiger charge is -2.24. The Balaban J connectivity index is 0.000000379. The molecule has 1 heterocycles. The summed E-state index contributed by atoms with van der Waals surface area (Å²) in [5, 5.41) is 7.00. The van der Waals surface area contributed by atoms with Gasteiger partial charge in [-0.25, -0.2) is 0 Å². The molecular weight excluding hydrogens is 174 g/mol. The third-order valence-electron chi connectivity index (χ3n) is 2.88. The highest BCUT2D eigenvalue weighted by Gasteiger charge is 2.30. The van der Waals surface area contributed by atoms with E-state index in [1.54, 1.807) is 0 Å².